The van der Waals surface area contributed by atoms with Crippen LogP contribution in [-0.2, 0) is 10.2 Å². The van der Waals surface area contributed by atoms with Gasteiger partial charge in [0.25, 0.3) is 10.2 Å². The maximum atomic E-state index is 12.7. The van der Waals surface area contributed by atoms with Crippen molar-refractivity contribution in [1.82, 2.24) is 4.72 Å². The number of halogens is 1. The molecule has 0 radical (unpaired) electrons. The predicted molar refractivity (Wildman–Crippen MR) is 49.7 cm³/mol. The van der Waals surface area contributed by atoms with Crippen LogP contribution >= 0.6 is 0 Å². The van der Waals surface area contributed by atoms with Gasteiger partial charge < -0.3 is 5.11 Å². The molecule has 0 spiro atoms. The fourth-order valence-electron chi connectivity index (χ4n) is 0.786. The van der Waals surface area contributed by atoms with Gasteiger partial charge in [-0.25, -0.2) is 9.11 Å². The molecule has 0 aliphatic rings. The van der Waals surface area contributed by atoms with E-state index in [0.717, 1.165) is 18.2 Å². The lowest BCUT2D eigenvalue weighted by Gasteiger charge is -2.07. The summed E-state index contributed by atoms with van der Waals surface area (Å²) in [6.07, 6.45) is 0. The van der Waals surface area contributed by atoms with Gasteiger partial charge in [0.05, 0.1) is 5.69 Å². The Hall–Kier alpha value is -1.34. The molecule has 14 heavy (non-hydrogen) atoms. The third-order valence-corrected chi connectivity index (χ3v) is 2.50. The molecule has 0 aliphatic carbocycles. The zero-order valence-corrected chi connectivity index (χ0v) is 8.10. The summed E-state index contributed by atoms with van der Waals surface area (Å²) in [5.41, 5.74) is -0.209. The van der Waals surface area contributed by atoms with Crippen molar-refractivity contribution in [2.75, 3.05) is 11.8 Å². The van der Waals surface area contributed by atoms with Gasteiger partial charge in [-0.05, 0) is 12.1 Å². The van der Waals surface area contributed by atoms with Gasteiger partial charge in [0.15, 0.2) is 0 Å². The van der Waals surface area contributed by atoms with Crippen LogP contribution in [0.1, 0.15) is 0 Å². The summed E-state index contributed by atoms with van der Waals surface area (Å²) in [5, 5.41) is 9.17. The molecule has 0 aromatic heterocycles. The smallest absolute Gasteiger partial charge is 0.298 e. The largest absolute Gasteiger partial charge is 0.506 e. The van der Waals surface area contributed by atoms with Gasteiger partial charge in [0.1, 0.15) is 11.6 Å². The molecule has 0 heterocycles. The third kappa shape index (κ3) is 2.57. The molecule has 0 fully saturated rings. The Morgan fingerprint density at radius 3 is 2.64 bits per heavy atom. The van der Waals surface area contributed by atoms with Crippen molar-refractivity contribution >= 4 is 15.9 Å². The van der Waals surface area contributed by atoms with Crippen molar-refractivity contribution in [3.8, 4) is 5.75 Å². The van der Waals surface area contributed by atoms with E-state index < -0.39 is 16.0 Å². The summed E-state index contributed by atoms with van der Waals surface area (Å²) in [6, 6.07) is 2.96. The number of hydrogen-bond donors (Lipinski definition) is 3. The van der Waals surface area contributed by atoms with E-state index in [1.165, 1.54) is 7.05 Å². The summed E-state index contributed by atoms with van der Waals surface area (Å²) < 4.78 is 38.5. The number of benzene rings is 1. The summed E-state index contributed by atoms with van der Waals surface area (Å²) in [5.74, 6) is -0.984. The molecule has 5 nitrogen and oxygen atoms in total. The van der Waals surface area contributed by atoms with Crippen molar-refractivity contribution in [2.45, 2.75) is 0 Å². The number of phenolic OH excluding ortho intramolecular Hbond substituents is 1. The first-order valence-corrected chi connectivity index (χ1v) is 5.13. The Balaban J connectivity index is 3.03. The van der Waals surface area contributed by atoms with Crippen molar-refractivity contribution in [1.29, 1.82) is 0 Å². The standard InChI is InChI=1S/C7H9FN2O3S/c1-9-14(12,13)10-6-4-5(8)2-3-7(6)11/h2-4,9-11H,1H3. The normalized spacial score (nSPS) is 11.3. The Kier molecular flexibility index (Phi) is 2.92. The number of nitrogens with one attached hydrogen (secondary N) is 2. The third-order valence-electron chi connectivity index (χ3n) is 1.47. The van der Waals surface area contributed by atoms with Gasteiger partial charge in [0, 0.05) is 13.1 Å². The lowest BCUT2D eigenvalue weighted by atomic mass is 10.3. The molecule has 1 aromatic rings. The van der Waals surface area contributed by atoms with Crippen molar-refractivity contribution < 1.29 is 17.9 Å². The van der Waals surface area contributed by atoms with Crippen LogP contribution in [0.2, 0.25) is 0 Å². The summed E-state index contributed by atoms with van der Waals surface area (Å²) in [4.78, 5) is 0. The van der Waals surface area contributed by atoms with E-state index in [4.69, 9.17) is 0 Å². The first kappa shape index (κ1) is 10.7. The first-order chi connectivity index (χ1) is 6.44. The van der Waals surface area contributed by atoms with Crippen molar-refractivity contribution in [2.24, 2.45) is 0 Å². The number of aromatic hydroxyl groups is 1. The molecule has 1 rings (SSSR count). The fourth-order valence-corrected chi connectivity index (χ4v) is 1.34. The highest BCUT2D eigenvalue weighted by molar-refractivity contribution is 7.90. The quantitative estimate of drug-likeness (QED) is 0.645. The lowest BCUT2D eigenvalue weighted by Crippen LogP contribution is -2.26. The second-order valence-electron chi connectivity index (χ2n) is 2.47. The average molecular weight is 220 g/mol. The molecule has 0 saturated carbocycles. The minimum Gasteiger partial charge on any atom is -0.506 e. The molecular weight excluding hydrogens is 211 g/mol. The Labute approximate surface area is 80.8 Å². The molecule has 0 saturated heterocycles. The van der Waals surface area contributed by atoms with Crippen molar-refractivity contribution in [3.05, 3.63) is 24.0 Å². The first-order valence-electron chi connectivity index (χ1n) is 3.64. The van der Waals surface area contributed by atoms with Crippen LogP contribution in [-0.4, -0.2) is 20.6 Å². The van der Waals surface area contributed by atoms with E-state index in [-0.39, 0.29) is 11.4 Å². The zero-order valence-electron chi connectivity index (χ0n) is 7.28. The van der Waals surface area contributed by atoms with Gasteiger partial charge in [-0.1, -0.05) is 0 Å². The average Bonchev–Trinajstić information content (AvgIpc) is 2.11. The van der Waals surface area contributed by atoms with E-state index in [1.807, 2.05) is 9.44 Å². The van der Waals surface area contributed by atoms with Crippen molar-refractivity contribution in [3.63, 3.8) is 0 Å². The van der Waals surface area contributed by atoms with Gasteiger partial charge in [-0.3, -0.25) is 4.72 Å². The van der Waals surface area contributed by atoms with Crippen LogP contribution in [0.3, 0.4) is 0 Å². The SMILES string of the molecule is CNS(=O)(=O)Nc1cc(F)ccc1O. The highest BCUT2D eigenvalue weighted by Gasteiger charge is 2.10. The molecule has 0 amide bonds. The van der Waals surface area contributed by atoms with E-state index in [9.17, 15) is 17.9 Å². The molecule has 0 unspecified atom stereocenters. The molecule has 3 N–H and O–H groups in total. The predicted octanol–water partition coefficient (Wildman–Crippen LogP) is 0.407. The number of anilines is 1. The molecule has 1 aromatic carbocycles. The maximum Gasteiger partial charge on any atom is 0.298 e. The highest BCUT2D eigenvalue weighted by atomic mass is 32.2. The van der Waals surface area contributed by atoms with Crippen LogP contribution in [0.15, 0.2) is 18.2 Å². The van der Waals surface area contributed by atoms with E-state index in [1.54, 1.807) is 0 Å². The van der Waals surface area contributed by atoms with E-state index in [0.29, 0.717) is 0 Å². The monoisotopic (exact) mass is 220 g/mol. The lowest BCUT2D eigenvalue weighted by molar-refractivity contribution is 0.475. The Morgan fingerprint density at radius 1 is 1.43 bits per heavy atom. The topological polar surface area (TPSA) is 78.4 Å². The minimum atomic E-state index is -3.74. The van der Waals surface area contributed by atoms with E-state index >= 15 is 0 Å². The Bertz CT molecular complexity index is 433. The molecule has 78 valence electrons. The summed E-state index contributed by atoms with van der Waals surface area (Å²) >= 11 is 0. The van der Waals surface area contributed by atoms with Crippen LogP contribution in [0.25, 0.3) is 0 Å². The Morgan fingerprint density at radius 2 is 2.07 bits per heavy atom. The maximum absolute atomic E-state index is 12.7. The number of hydrogen-bond acceptors (Lipinski definition) is 3. The fraction of sp³-hybridized carbons (Fsp3) is 0.143. The van der Waals surface area contributed by atoms with Gasteiger partial charge in [-0.15, -0.1) is 0 Å². The molecule has 0 atom stereocenters. The summed E-state index contributed by atoms with van der Waals surface area (Å²) in [6.45, 7) is 0. The molecule has 7 heteroatoms. The second-order valence-corrected chi connectivity index (χ2v) is 4.09. The number of phenols is 1. The van der Waals surface area contributed by atoms with Gasteiger partial charge in [0.2, 0.25) is 0 Å². The minimum absolute atomic E-state index is 0.209. The molecular formula is C7H9FN2O3S. The zero-order chi connectivity index (χ0) is 10.8. The van der Waals surface area contributed by atoms with Crippen LogP contribution in [0.4, 0.5) is 10.1 Å². The summed E-state index contributed by atoms with van der Waals surface area (Å²) in [7, 11) is -2.55. The van der Waals surface area contributed by atoms with Crippen LogP contribution in [0.5, 0.6) is 5.75 Å². The molecule has 0 aliphatic heterocycles. The van der Waals surface area contributed by atoms with Crippen LogP contribution in [0, 0.1) is 5.82 Å². The van der Waals surface area contributed by atoms with Crippen LogP contribution < -0.4 is 9.44 Å². The number of rotatable bonds is 3. The highest BCUT2D eigenvalue weighted by Crippen LogP contribution is 2.23. The van der Waals surface area contributed by atoms with Gasteiger partial charge in [-0.2, -0.15) is 8.42 Å². The van der Waals surface area contributed by atoms with E-state index in [2.05, 4.69) is 0 Å². The second kappa shape index (κ2) is 3.81. The molecule has 0 bridgehead atoms. The van der Waals surface area contributed by atoms with Gasteiger partial charge >= 0.3 is 0 Å².